The highest BCUT2D eigenvalue weighted by molar-refractivity contribution is 6.17. The van der Waals surface area contributed by atoms with Crippen LogP contribution in [-0.2, 0) is 0 Å². The molecule has 0 unspecified atom stereocenters. The summed E-state index contributed by atoms with van der Waals surface area (Å²) in [4.78, 5) is 48.0. The number of anilines is 4. The van der Waals surface area contributed by atoms with Gasteiger partial charge in [0.15, 0.2) is 5.95 Å². The molecule has 12 nitrogen and oxygen atoms in total. The number of H-pyrrole nitrogens is 1. The predicted molar refractivity (Wildman–Crippen MR) is 230 cm³/mol. The van der Waals surface area contributed by atoms with E-state index in [0.29, 0.717) is 40.2 Å². The largest absolute Gasteiger partial charge is 0.369 e. The molecule has 4 heterocycles. The molecule has 12 heteroatoms. The Bertz CT molecular complexity index is 3340. The van der Waals surface area contributed by atoms with Crippen molar-refractivity contribution in [1.29, 1.82) is 0 Å². The van der Waals surface area contributed by atoms with E-state index >= 15 is 0 Å². The highest BCUT2D eigenvalue weighted by atomic mass is 16.2. The zero-order valence-corrected chi connectivity index (χ0v) is 30.9. The van der Waals surface area contributed by atoms with Crippen LogP contribution in [0.5, 0.6) is 0 Å². The van der Waals surface area contributed by atoms with Crippen molar-refractivity contribution in [3.63, 3.8) is 0 Å². The van der Waals surface area contributed by atoms with Gasteiger partial charge in [-0.05, 0) is 107 Å². The Hall–Kier alpha value is -7.86. The fraction of sp³-hybridized carbons (Fsp3) is 0.0870. The van der Waals surface area contributed by atoms with Crippen LogP contribution in [0.1, 0.15) is 51.1 Å². The van der Waals surface area contributed by atoms with Gasteiger partial charge in [-0.1, -0.05) is 54.6 Å². The molecule has 6 aromatic carbocycles. The van der Waals surface area contributed by atoms with Crippen molar-refractivity contribution in [3.8, 4) is 0 Å². The number of carbonyl (C=O) groups is 2. The molecule has 0 spiro atoms. The zero-order valence-electron chi connectivity index (χ0n) is 30.9. The van der Waals surface area contributed by atoms with E-state index in [4.69, 9.17) is 11.5 Å². The van der Waals surface area contributed by atoms with Gasteiger partial charge in [0.2, 0.25) is 5.95 Å². The minimum atomic E-state index is -0.273. The summed E-state index contributed by atoms with van der Waals surface area (Å²) < 4.78 is 2.32. The van der Waals surface area contributed by atoms with Gasteiger partial charge >= 0.3 is 0 Å². The lowest BCUT2D eigenvalue weighted by Crippen LogP contribution is -2.24. The second-order valence-electron chi connectivity index (χ2n) is 15.0. The van der Waals surface area contributed by atoms with Gasteiger partial charge in [0.25, 0.3) is 11.8 Å². The van der Waals surface area contributed by atoms with E-state index in [1.807, 2.05) is 84.9 Å². The summed E-state index contributed by atoms with van der Waals surface area (Å²) in [7, 11) is 0. The SMILES string of the molecule is Nc1nc(NC(=O)c2ccc3ccccc3c2)c2c(ccc3c2ccn3C2CC(c3ccc4cc(C(=O)Nc5nc(N)[nH]c6ccc7nccc7c56)ccc4c3)C2)n1. The summed E-state index contributed by atoms with van der Waals surface area (Å²) in [5.41, 5.74) is 17.8. The Kier molecular flexibility index (Phi) is 7.42. The van der Waals surface area contributed by atoms with E-state index < -0.39 is 0 Å². The van der Waals surface area contributed by atoms with Gasteiger partial charge in [-0.15, -0.1) is 0 Å². The van der Waals surface area contributed by atoms with Crippen molar-refractivity contribution in [2.24, 2.45) is 0 Å². The number of nitrogens with two attached hydrogens (primary N) is 2. The number of benzene rings is 6. The number of fused-ring (bicyclic) bond motifs is 8. The number of carbonyl (C=O) groups excluding carboxylic acids is 2. The fourth-order valence-electron chi connectivity index (χ4n) is 8.61. The van der Waals surface area contributed by atoms with Crippen LogP contribution >= 0.6 is 0 Å². The third kappa shape index (κ3) is 5.53. The number of rotatable bonds is 6. The molecule has 2 amide bonds. The van der Waals surface area contributed by atoms with Gasteiger partial charge < -0.3 is 31.7 Å². The van der Waals surface area contributed by atoms with Crippen molar-refractivity contribution in [1.82, 2.24) is 29.5 Å². The minimum Gasteiger partial charge on any atom is -0.369 e. The molecule has 1 saturated carbocycles. The first-order valence-corrected chi connectivity index (χ1v) is 19.1. The molecular formula is C46H34N10O2. The van der Waals surface area contributed by atoms with Gasteiger partial charge in [0, 0.05) is 45.9 Å². The van der Waals surface area contributed by atoms with Crippen LogP contribution in [0.4, 0.5) is 23.5 Å². The monoisotopic (exact) mass is 758 g/mol. The molecule has 0 aliphatic heterocycles. The topological polar surface area (TPSA) is 183 Å². The molecule has 0 bridgehead atoms. The summed E-state index contributed by atoms with van der Waals surface area (Å²) in [6.45, 7) is 0. The van der Waals surface area contributed by atoms with Crippen molar-refractivity contribution >= 4 is 101 Å². The molecule has 10 aromatic rings. The fourth-order valence-corrected chi connectivity index (χ4v) is 8.61. The zero-order chi connectivity index (χ0) is 39.1. The highest BCUT2D eigenvalue weighted by Crippen LogP contribution is 2.47. The van der Waals surface area contributed by atoms with Gasteiger partial charge in [0.05, 0.1) is 27.3 Å². The van der Waals surface area contributed by atoms with E-state index in [0.717, 1.165) is 72.5 Å². The molecular weight excluding hydrogens is 725 g/mol. The lowest BCUT2D eigenvalue weighted by Gasteiger charge is -2.37. The third-order valence-corrected chi connectivity index (χ3v) is 11.6. The first-order valence-electron chi connectivity index (χ1n) is 19.1. The molecule has 0 saturated heterocycles. The summed E-state index contributed by atoms with van der Waals surface area (Å²) in [6, 6.07) is 37.9. The maximum atomic E-state index is 13.6. The standard InChI is InChI=1S/C46H34N10O2/c47-45-50-36-12-11-35-33(15-17-49-35)39(36)41(54-45)52-44(58)30-10-8-26-19-28(7-6-27(26)21-30)31-22-32(23-31)56-18-16-34-38(56)14-13-37-40(34)42(55-46(48)51-37)53-43(57)29-9-5-24-3-1-2-4-25(24)20-29/h1-21,31-32H,22-23H2,(H,52,58)(H3,47,50,54)(H3,48,51,53,55,57). The normalized spacial score (nSPS) is 15.4. The molecule has 280 valence electrons. The molecule has 1 aliphatic rings. The van der Waals surface area contributed by atoms with Crippen LogP contribution in [0.3, 0.4) is 0 Å². The molecule has 58 heavy (non-hydrogen) atoms. The summed E-state index contributed by atoms with van der Waals surface area (Å²) in [5.74, 6) is 0.920. The number of hydrogen-bond donors (Lipinski definition) is 5. The number of nitrogen functional groups attached to an aromatic ring is 2. The molecule has 0 atom stereocenters. The first kappa shape index (κ1) is 33.5. The molecule has 11 rings (SSSR count). The maximum absolute atomic E-state index is 13.6. The number of amides is 2. The Morgan fingerprint density at radius 2 is 1.34 bits per heavy atom. The van der Waals surface area contributed by atoms with Crippen LogP contribution in [-0.4, -0.2) is 41.3 Å². The smallest absolute Gasteiger partial charge is 0.256 e. The van der Waals surface area contributed by atoms with Crippen LogP contribution < -0.4 is 22.1 Å². The lowest BCUT2D eigenvalue weighted by molar-refractivity contribution is 0.101. The number of aromatic nitrogens is 6. The molecule has 1 aliphatic carbocycles. The van der Waals surface area contributed by atoms with Crippen molar-refractivity contribution in [2.75, 3.05) is 22.1 Å². The van der Waals surface area contributed by atoms with Gasteiger partial charge in [-0.3, -0.25) is 14.6 Å². The van der Waals surface area contributed by atoms with E-state index in [1.54, 1.807) is 6.20 Å². The Balaban J connectivity index is 0.823. The average Bonchev–Trinajstić information content (AvgIpc) is 3.87. The van der Waals surface area contributed by atoms with Crippen LogP contribution in [0.2, 0.25) is 0 Å². The number of nitrogens with one attached hydrogen (secondary N) is 3. The molecule has 0 radical (unpaired) electrons. The minimum absolute atomic E-state index is 0.0944. The van der Waals surface area contributed by atoms with E-state index in [1.165, 1.54) is 5.56 Å². The van der Waals surface area contributed by atoms with Crippen molar-refractivity contribution in [3.05, 3.63) is 144 Å². The second kappa shape index (κ2) is 12.8. The van der Waals surface area contributed by atoms with E-state index in [2.05, 4.69) is 76.6 Å². The summed E-state index contributed by atoms with van der Waals surface area (Å²) in [5, 5.41) is 13.5. The van der Waals surface area contributed by atoms with Gasteiger partial charge in [0.1, 0.15) is 11.6 Å². The van der Waals surface area contributed by atoms with Crippen LogP contribution in [0, 0.1) is 0 Å². The molecule has 4 aromatic heterocycles. The van der Waals surface area contributed by atoms with Gasteiger partial charge in [-0.2, -0.15) is 9.97 Å². The quantitative estimate of drug-likeness (QED) is 0.111. The first-order chi connectivity index (χ1) is 28.3. The Morgan fingerprint density at radius 1 is 0.655 bits per heavy atom. The number of hydrogen-bond acceptors (Lipinski definition) is 8. The Morgan fingerprint density at radius 3 is 2.16 bits per heavy atom. The Labute approximate surface area is 329 Å². The number of aromatic amines is 1. The van der Waals surface area contributed by atoms with Crippen molar-refractivity contribution in [2.45, 2.75) is 24.8 Å². The van der Waals surface area contributed by atoms with E-state index in [9.17, 15) is 9.59 Å². The second-order valence-corrected chi connectivity index (χ2v) is 15.0. The van der Waals surface area contributed by atoms with Crippen molar-refractivity contribution < 1.29 is 9.59 Å². The van der Waals surface area contributed by atoms with Crippen LogP contribution in [0.25, 0.3) is 65.2 Å². The summed E-state index contributed by atoms with van der Waals surface area (Å²) in [6.07, 6.45) is 5.80. The van der Waals surface area contributed by atoms with E-state index in [-0.39, 0.29) is 23.7 Å². The predicted octanol–water partition coefficient (Wildman–Crippen LogP) is 9.10. The summed E-state index contributed by atoms with van der Waals surface area (Å²) >= 11 is 0. The third-order valence-electron chi connectivity index (χ3n) is 11.6. The maximum Gasteiger partial charge on any atom is 0.256 e. The number of nitrogens with zero attached hydrogens (tertiary/aromatic N) is 5. The average molecular weight is 759 g/mol. The highest BCUT2D eigenvalue weighted by Gasteiger charge is 2.32. The lowest BCUT2D eigenvalue weighted by atomic mass is 9.75. The molecule has 7 N–H and O–H groups in total. The van der Waals surface area contributed by atoms with Crippen LogP contribution in [0.15, 0.2) is 128 Å². The van der Waals surface area contributed by atoms with Gasteiger partial charge in [-0.25, -0.2) is 4.98 Å². The molecule has 1 fully saturated rings.